The highest BCUT2D eigenvalue weighted by Gasteiger charge is 2.31. The molecule has 0 spiro atoms. The molecule has 178 valence electrons. The number of halogens is 3. The fourth-order valence-electron chi connectivity index (χ4n) is 4.88. The Bertz CT molecular complexity index is 1440. The number of fused-ring (bicyclic) bond motifs is 2. The van der Waals surface area contributed by atoms with Gasteiger partial charge in [-0.25, -0.2) is 9.97 Å². The molecule has 2 aliphatic rings. The van der Waals surface area contributed by atoms with E-state index in [0.717, 1.165) is 59.5 Å². The summed E-state index contributed by atoms with van der Waals surface area (Å²) in [5, 5.41) is 3.46. The highest BCUT2D eigenvalue weighted by atomic mass is 19.4. The van der Waals surface area contributed by atoms with Crippen LogP contribution < -0.4 is 10.1 Å². The van der Waals surface area contributed by atoms with Gasteiger partial charge in [-0.3, -0.25) is 4.98 Å². The first-order chi connectivity index (χ1) is 16.9. The Morgan fingerprint density at radius 2 is 1.97 bits per heavy atom. The third-order valence-electron chi connectivity index (χ3n) is 6.52. The van der Waals surface area contributed by atoms with Crippen LogP contribution in [0.5, 0.6) is 5.75 Å². The summed E-state index contributed by atoms with van der Waals surface area (Å²) in [5.41, 5.74) is 6.59. The number of hydrogen-bond donors (Lipinski definition) is 1. The maximum absolute atomic E-state index is 12.7. The number of aromatic nitrogens is 4. The van der Waals surface area contributed by atoms with E-state index >= 15 is 0 Å². The predicted octanol–water partition coefficient (Wildman–Crippen LogP) is 5.30. The molecule has 0 bridgehead atoms. The van der Waals surface area contributed by atoms with Gasteiger partial charge in [0, 0.05) is 30.1 Å². The zero-order chi connectivity index (χ0) is 24.0. The second-order valence-corrected chi connectivity index (χ2v) is 8.80. The van der Waals surface area contributed by atoms with E-state index in [0.29, 0.717) is 23.7 Å². The average molecular weight is 477 g/mol. The van der Waals surface area contributed by atoms with Gasteiger partial charge in [-0.2, -0.15) is 0 Å². The number of piperidine rings is 1. The van der Waals surface area contributed by atoms with Crippen LogP contribution in [-0.4, -0.2) is 39.0 Å². The normalized spacial score (nSPS) is 17.9. The van der Waals surface area contributed by atoms with Crippen molar-refractivity contribution < 1.29 is 17.9 Å². The van der Waals surface area contributed by atoms with E-state index < -0.39 is 6.36 Å². The van der Waals surface area contributed by atoms with E-state index in [1.807, 2.05) is 18.5 Å². The number of hydrogen-bond acceptors (Lipinski definition) is 5. The Balaban J connectivity index is 1.35. The minimum atomic E-state index is -4.75. The monoisotopic (exact) mass is 477 g/mol. The molecule has 1 aliphatic carbocycles. The summed E-state index contributed by atoms with van der Waals surface area (Å²) in [6.07, 6.45) is 3.75. The predicted molar refractivity (Wildman–Crippen MR) is 126 cm³/mol. The van der Waals surface area contributed by atoms with E-state index in [2.05, 4.69) is 36.7 Å². The minimum Gasteiger partial charge on any atom is -0.406 e. The fourth-order valence-corrected chi connectivity index (χ4v) is 4.88. The smallest absolute Gasteiger partial charge is 0.406 e. The van der Waals surface area contributed by atoms with Crippen molar-refractivity contribution in [2.24, 2.45) is 0 Å². The summed E-state index contributed by atoms with van der Waals surface area (Å²) in [6.45, 7) is 1.97. The molecule has 1 atom stereocenters. The largest absolute Gasteiger partial charge is 0.573 e. The topological polar surface area (TPSA) is 64.9 Å². The zero-order valence-electron chi connectivity index (χ0n) is 18.7. The van der Waals surface area contributed by atoms with Crippen molar-refractivity contribution in [2.75, 3.05) is 13.1 Å². The van der Waals surface area contributed by atoms with E-state index in [1.165, 1.54) is 18.2 Å². The van der Waals surface area contributed by atoms with Gasteiger partial charge in [0.05, 0.1) is 40.6 Å². The molecule has 0 radical (unpaired) electrons. The van der Waals surface area contributed by atoms with Crippen LogP contribution in [0.2, 0.25) is 0 Å². The molecule has 1 fully saturated rings. The Labute approximate surface area is 199 Å². The second-order valence-electron chi connectivity index (χ2n) is 8.80. The number of alkyl halides is 3. The van der Waals surface area contributed by atoms with Crippen LogP contribution in [0.15, 0.2) is 61.1 Å². The molecule has 4 aromatic rings. The van der Waals surface area contributed by atoms with Gasteiger partial charge in [0.15, 0.2) is 0 Å². The number of allylic oxidation sites excluding steroid dienone is 1. The van der Waals surface area contributed by atoms with Gasteiger partial charge in [0.2, 0.25) is 0 Å². The average Bonchev–Trinajstić information content (AvgIpc) is 3.47. The lowest BCUT2D eigenvalue weighted by molar-refractivity contribution is -0.274. The third kappa shape index (κ3) is 4.27. The molecule has 1 unspecified atom stereocenters. The van der Waals surface area contributed by atoms with E-state index in [4.69, 9.17) is 4.98 Å². The van der Waals surface area contributed by atoms with Gasteiger partial charge in [-0.1, -0.05) is 24.3 Å². The van der Waals surface area contributed by atoms with Crippen LogP contribution in [0.4, 0.5) is 13.2 Å². The molecule has 3 heterocycles. The van der Waals surface area contributed by atoms with Gasteiger partial charge < -0.3 is 14.6 Å². The fraction of sp³-hybridized carbons (Fsp3) is 0.269. The van der Waals surface area contributed by atoms with Crippen molar-refractivity contribution in [1.29, 1.82) is 0 Å². The van der Waals surface area contributed by atoms with E-state index in [9.17, 15) is 13.2 Å². The standard InChI is InChI=1S/C26H22F3N5O/c27-26(28,29)35-19-5-1-3-17(11-19)23-14-31-22-9-7-20(25(22)33-23)16-6-8-21-24(12-16)34(15-32-21)18-4-2-10-30-13-18/h1,3,5-8,11-12,14-15,18,30H,2,4,9-10,13H2. The maximum Gasteiger partial charge on any atom is 0.573 e. The maximum atomic E-state index is 12.7. The first kappa shape index (κ1) is 21.8. The molecular weight excluding hydrogens is 455 g/mol. The Morgan fingerprint density at radius 1 is 1.06 bits per heavy atom. The second kappa shape index (κ2) is 8.49. The van der Waals surface area contributed by atoms with Crippen LogP contribution >= 0.6 is 0 Å². The van der Waals surface area contributed by atoms with Crippen molar-refractivity contribution in [1.82, 2.24) is 24.8 Å². The lowest BCUT2D eigenvalue weighted by Crippen LogP contribution is -2.31. The van der Waals surface area contributed by atoms with Crippen LogP contribution in [-0.2, 0) is 6.42 Å². The highest BCUT2D eigenvalue weighted by Crippen LogP contribution is 2.35. The molecule has 1 N–H and O–H groups in total. The highest BCUT2D eigenvalue weighted by molar-refractivity contribution is 5.88. The molecule has 2 aromatic heterocycles. The Hall–Kier alpha value is -3.72. The minimum absolute atomic E-state index is 0.288. The molecule has 9 heteroatoms. The molecule has 2 aromatic carbocycles. The number of rotatable bonds is 4. The Morgan fingerprint density at radius 3 is 2.80 bits per heavy atom. The molecule has 6 rings (SSSR count). The SMILES string of the molecule is FC(F)(F)Oc1cccc(-c2cnc3c(n2)C(c2ccc4ncn(C5CCCNC5)c4c2)=CC3)c1. The summed E-state index contributed by atoms with van der Waals surface area (Å²) >= 11 is 0. The van der Waals surface area contributed by atoms with Gasteiger partial charge >= 0.3 is 6.36 Å². The summed E-state index contributed by atoms with van der Waals surface area (Å²) in [4.78, 5) is 13.9. The molecular formula is C26H22F3N5O. The van der Waals surface area contributed by atoms with Crippen molar-refractivity contribution >= 4 is 16.6 Å². The number of imidazole rings is 1. The first-order valence-corrected chi connectivity index (χ1v) is 11.5. The van der Waals surface area contributed by atoms with Gasteiger partial charge in [0.1, 0.15) is 5.75 Å². The van der Waals surface area contributed by atoms with Crippen molar-refractivity contribution in [3.8, 4) is 17.0 Å². The summed E-state index contributed by atoms with van der Waals surface area (Å²) in [6, 6.07) is 12.4. The van der Waals surface area contributed by atoms with E-state index in [-0.39, 0.29) is 5.75 Å². The zero-order valence-corrected chi connectivity index (χ0v) is 18.7. The van der Waals surface area contributed by atoms with Gasteiger partial charge in [-0.05, 0) is 49.2 Å². The molecule has 0 saturated carbocycles. The van der Waals surface area contributed by atoms with Crippen LogP contribution in [0.25, 0.3) is 27.9 Å². The lowest BCUT2D eigenvalue weighted by Gasteiger charge is -2.24. The third-order valence-corrected chi connectivity index (χ3v) is 6.52. The van der Waals surface area contributed by atoms with Crippen LogP contribution in [0.1, 0.15) is 35.8 Å². The number of nitrogens with zero attached hydrogens (tertiary/aromatic N) is 4. The molecule has 1 saturated heterocycles. The summed E-state index contributed by atoms with van der Waals surface area (Å²) in [7, 11) is 0. The molecule has 1 aliphatic heterocycles. The molecule has 35 heavy (non-hydrogen) atoms. The van der Waals surface area contributed by atoms with Gasteiger partial charge in [-0.15, -0.1) is 13.2 Å². The van der Waals surface area contributed by atoms with Crippen molar-refractivity contribution in [3.63, 3.8) is 0 Å². The van der Waals surface area contributed by atoms with Gasteiger partial charge in [0.25, 0.3) is 0 Å². The van der Waals surface area contributed by atoms with Crippen LogP contribution in [0.3, 0.4) is 0 Å². The molecule has 0 amide bonds. The Kier molecular flexibility index (Phi) is 5.29. The summed E-state index contributed by atoms with van der Waals surface area (Å²) < 4.78 is 44.3. The number of ether oxygens (including phenoxy) is 1. The van der Waals surface area contributed by atoms with Crippen LogP contribution in [0, 0.1) is 0 Å². The van der Waals surface area contributed by atoms with Crippen molar-refractivity contribution in [2.45, 2.75) is 31.7 Å². The summed E-state index contributed by atoms with van der Waals surface area (Å²) in [5.74, 6) is -0.288. The number of benzene rings is 2. The van der Waals surface area contributed by atoms with E-state index in [1.54, 1.807) is 12.3 Å². The van der Waals surface area contributed by atoms with Crippen molar-refractivity contribution in [3.05, 3.63) is 78.0 Å². The molecule has 6 nitrogen and oxygen atoms in total. The quantitative estimate of drug-likeness (QED) is 0.432. The lowest BCUT2D eigenvalue weighted by atomic mass is 10.0. The first-order valence-electron chi connectivity index (χ1n) is 11.5. The number of nitrogens with one attached hydrogen (secondary N) is 1.